The molecule has 2 atom stereocenters. The number of rotatable bonds is 4. The van der Waals surface area contributed by atoms with Crippen molar-refractivity contribution < 1.29 is 13.2 Å². The molecule has 2 aromatic carbocycles. The Balaban J connectivity index is 1.42. The highest BCUT2D eigenvalue weighted by molar-refractivity contribution is 7.92. The van der Waals surface area contributed by atoms with E-state index in [4.69, 9.17) is 0 Å². The fourth-order valence-corrected chi connectivity index (χ4v) is 7.96. The van der Waals surface area contributed by atoms with Gasteiger partial charge in [0.1, 0.15) is 0 Å². The van der Waals surface area contributed by atoms with E-state index in [1.165, 1.54) is 0 Å². The third kappa shape index (κ3) is 4.26. The largest absolute Gasteiger partial charge is 0.336 e. The van der Waals surface area contributed by atoms with Gasteiger partial charge in [0.05, 0.1) is 40.0 Å². The van der Waals surface area contributed by atoms with Gasteiger partial charge >= 0.3 is 0 Å². The number of hydrogen-bond acceptors (Lipinski definition) is 5. The van der Waals surface area contributed by atoms with E-state index in [0.29, 0.717) is 18.5 Å². The van der Waals surface area contributed by atoms with Gasteiger partial charge in [0.25, 0.3) is 0 Å². The van der Waals surface area contributed by atoms with E-state index in [0.717, 1.165) is 35.9 Å². The van der Waals surface area contributed by atoms with Gasteiger partial charge in [-0.05, 0) is 42.9 Å². The maximum Gasteiger partial charge on any atom is 0.224 e. The monoisotopic (exact) mass is 463 g/mol. The molecule has 2 aliphatic rings. The first-order chi connectivity index (χ1) is 16.0. The number of benzene rings is 2. The highest BCUT2D eigenvalue weighted by Gasteiger charge is 2.53. The van der Waals surface area contributed by atoms with Crippen molar-refractivity contribution >= 4 is 26.8 Å². The Morgan fingerprint density at radius 2 is 1.76 bits per heavy atom. The zero-order valence-electron chi connectivity index (χ0n) is 18.7. The van der Waals surface area contributed by atoms with Gasteiger partial charge in [0.15, 0.2) is 9.84 Å². The van der Waals surface area contributed by atoms with Gasteiger partial charge in [-0.25, -0.2) is 13.4 Å². The lowest BCUT2D eigenvalue weighted by Crippen LogP contribution is -2.50. The van der Waals surface area contributed by atoms with Crippen molar-refractivity contribution in [2.24, 2.45) is 5.92 Å². The molecule has 6 nitrogen and oxygen atoms in total. The summed E-state index contributed by atoms with van der Waals surface area (Å²) in [6.45, 7) is 0.487. The van der Waals surface area contributed by atoms with Crippen LogP contribution in [-0.2, 0) is 27.6 Å². The van der Waals surface area contributed by atoms with Crippen LogP contribution in [0.15, 0.2) is 60.8 Å². The van der Waals surface area contributed by atoms with Crippen molar-refractivity contribution in [2.45, 2.75) is 49.8 Å². The minimum Gasteiger partial charge on any atom is -0.336 e. The maximum atomic E-state index is 13.7. The first-order valence-corrected chi connectivity index (χ1v) is 13.4. The van der Waals surface area contributed by atoms with Gasteiger partial charge in [0.2, 0.25) is 5.91 Å². The Hall–Kier alpha value is -2.80. The molecule has 1 aliphatic heterocycles. The van der Waals surface area contributed by atoms with Gasteiger partial charge in [0, 0.05) is 13.0 Å². The predicted octanol–water partition coefficient (Wildman–Crippen LogP) is 3.95. The molecule has 33 heavy (non-hydrogen) atoms. The Morgan fingerprint density at radius 3 is 2.58 bits per heavy atom. The van der Waals surface area contributed by atoms with Crippen LogP contribution in [-0.4, -0.2) is 46.2 Å². The molecule has 2 unspecified atom stereocenters. The predicted molar refractivity (Wildman–Crippen MR) is 128 cm³/mol. The van der Waals surface area contributed by atoms with Crippen LogP contribution < -0.4 is 0 Å². The first-order valence-electron chi connectivity index (χ1n) is 11.7. The zero-order chi connectivity index (χ0) is 22.9. The summed E-state index contributed by atoms with van der Waals surface area (Å²) in [6.07, 6.45) is 5.73. The van der Waals surface area contributed by atoms with Crippen LogP contribution in [0.4, 0.5) is 0 Å². The van der Waals surface area contributed by atoms with Crippen LogP contribution in [0.3, 0.4) is 0 Å². The third-order valence-corrected chi connectivity index (χ3v) is 10.0. The van der Waals surface area contributed by atoms with E-state index >= 15 is 0 Å². The summed E-state index contributed by atoms with van der Waals surface area (Å²) >= 11 is 0. The van der Waals surface area contributed by atoms with E-state index < -0.39 is 14.6 Å². The molecule has 0 N–H and O–H groups in total. The van der Waals surface area contributed by atoms with E-state index in [1.54, 1.807) is 11.1 Å². The number of hydrogen-bond donors (Lipinski definition) is 0. The molecule has 0 bridgehead atoms. The van der Waals surface area contributed by atoms with Gasteiger partial charge in [-0.1, -0.05) is 55.3 Å². The Kier molecular flexibility index (Phi) is 5.91. The van der Waals surface area contributed by atoms with Crippen molar-refractivity contribution in [3.05, 3.63) is 72.1 Å². The maximum absolute atomic E-state index is 13.7. The summed E-state index contributed by atoms with van der Waals surface area (Å²) in [5.41, 5.74) is 3.39. The molecule has 0 radical (unpaired) electrons. The van der Waals surface area contributed by atoms with Crippen LogP contribution in [0.5, 0.6) is 0 Å². The highest BCUT2D eigenvalue weighted by atomic mass is 32.2. The Labute approximate surface area is 195 Å². The Bertz CT molecular complexity index is 1260. The molecule has 5 rings (SSSR count). The summed E-state index contributed by atoms with van der Waals surface area (Å²) in [7, 11) is -3.44. The van der Waals surface area contributed by atoms with Crippen LogP contribution in [0.1, 0.15) is 43.4 Å². The molecule has 2 heterocycles. The molecule has 1 saturated heterocycles. The summed E-state index contributed by atoms with van der Waals surface area (Å²) in [5.74, 6) is -0.126. The molecule has 1 aliphatic carbocycles. The fraction of sp³-hybridized carbons (Fsp3) is 0.423. The fourth-order valence-electron chi connectivity index (χ4n) is 5.58. The van der Waals surface area contributed by atoms with E-state index in [1.807, 2.05) is 42.5 Å². The van der Waals surface area contributed by atoms with E-state index in [9.17, 15) is 13.2 Å². The molecule has 2 fully saturated rings. The standard InChI is InChI=1S/C26H29N3O3S/c30-25-17-26(13-7-6-10-21(26)16-20-8-2-1-3-9-20)33(31,32)15-14-29(25)19-22-18-27-23-11-4-5-12-24(23)28-22/h1-5,8-9,11-12,18,21H,6-7,10,13-17,19H2. The molecule has 1 saturated carbocycles. The number of aromatic nitrogens is 2. The van der Waals surface area contributed by atoms with Crippen LogP contribution in [0.25, 0.3) is 11.0 Å². The zero-order valence-corrected chi connectivity index (χ0v) is 19.5. The van der Waals surface area contributed by atoms with Crippen molar-refractivity contribution in [2.75, 3.05) is 12.3 Å². The summed E-state index contributed by atoms with van der Waals surface area (Å²) in [4.78, 5) is 24.2. The number of carbonyl (C=O) groups is 1. The highest BCUT2D eigenvalue weighted by Crippen LogP contribution is 2.46. The minimum absolute atomic E-state index is 0.00500. The topological polar surface area (TPSA) is 80.2 Å². The van der Waals surface area contributed by atoms with Crippen LogP contribution in [0, 0.1) is 5.92 Å². The molecule has 3 aromatic rings. The summed E-state index contributed by atoms with van der Waals surface area (Å²) in [5, 5.41) is 0. The molecular formula is C26H29N3O3S. The van der Waals surface area contributed by atoms with Crippen molar-refractivity contribution in [3.8, 4) is 0 Å². The Morgan fingerprint density at radius 1 is 1.00 bits per heavy atom. The molecule has 1 aromatic heterocycles. The van der Waals surface area contributed by atoms with Crippen molar-refractivity contribution in [3.63, 3.8) is 0 Å². The number of sulfone groups is 1. The number of para-hydroxylation sites is 2. The second-order valence-corrected chi connectivity index (χ2v) is 11.8. The lowest BCUT2D eigenvalue weighted by molar-refractivity contribution is -0.132. The number of amides is 1. The molecule has 7 heteroatoms. The van der Waals surface area contributed by atoms with Gasteiger partial charge in [-0.15, -0.1) is 0 Å². The number of fused-ring (bicyclic) bond motifs is 1. The van der Waals surface area contributed by atoms with E-state index in [2.05, 4.69) is 22.1 Å². The van der Waals surface area contributed by atoms with Crippen molar-refractivity contribution in [1.82, 2.24) is 14.9 Å². The normalized spacial score (nSPS) is 25.3. The lowest BCUT2D eigenvalue weighted by atomic mass is 9.73. The summed E-state index contributed by atoms with van der Waals surface area (Å²) < 4.78 is 26.4. The molecular weight excluding hydrogens is 434 g/mol. The molecule has 1 amide bonds. The minimum atomic E-state index is -3.44. The summed E-state index contributed by atoms with van der Waals surface area (Å²) in [6, 6.07) is 17.7. The third-order valence-electron chi connectivity index (χ3n) is 7.38. The quantitative estimate of drug-likeness (QED) is 0.585. The lowest BCUT2D eigenvalue weighted by Gasteiger charge is -2.42. The van der Waals surface area contributed by atoms with Crippen LogP contribution >= 0.6 is 0 Å². The van der Waals surface area contributed by atoms with Gasteiger partial charge in [-0.2, -0.15) is 0 Å². The smallest absolute Gasteiger partial charge is 0.224 e. The first kappa shape index (κ1) is 22.0. The average molecular weight is 464 g/mol. The second kappa shape index (κ2) is 8.86. The van der Waals surface area contributed by atoms with E-state index in [-0.39, 0.29) is 37.1 Å². The average Bonchev–Trinajstić information content (AvgIpc) is 2.91. The van der Waals surface area contributed by atoms with Gasteiger partial charge < -0.3 is 4.90 Å². The second-order valence-electron chi connectivity index (χ2n) is 9.36. The van der Waals surface area contributed by atoms with Crippen molar-refractivity contribution in [1.29, 1.82) is 0 Å². The van der Waals surface area contributed by atoms with Crippen LogP contribution in [0.2, 0.25) is 0 Å². The number of carbonyl (C=O) groups excluding carboxylic acids is 1. The van der Waals surface area contributed by atoms with Gasteiger partial charge in [-0.3, -0.25) is 9.78 Å². The number of nitrogens with zero attached hydrogens (tertiary/aromatic N) is 3. The molecule has 172 valence electrons. The molecule has 1 spiro atoms. The SMILES string of the molecule is O=C1CC2(CCCCC2Cc2ccccc2)S(=O)(=O)CCN1Cc1cnc2ccccc2n1.